The number of hydrogen-bond donors (Lipinski definition) is 1. The summed E-state index contributed by atoms with van der Waals surface area (Å²) < 4.78 is 13.2. The largest absolute Gasteiger partial charge is 0.322 e. The van der Waals surface area contributed by atoms with Crippen LogP contribution in [0, 0.1) is 5.82 Å². The van der Waals surface area contributed by atoms with Crippen LogP contribution in [0.4, 0.5) is 15.8 Å². The molecule has 1 N–H and O–H groups in total. The van der Waals surface area contributed by atoms with Gasteiger partial charge in [-0.25, -0.2) is 9.29 Å². The summed E-state index contributed by atoms with van der Waals surface area (Å²) >= 11 is 1.56. The number of carbonyl (C=O) groups is 3. The summed E-state index contributed by atoms with van der Waals surface area (Å²) in [6, 6.07) is 16.9. The Labute approximate surface area is 170 Å². The quantitative estimate of drug-likeness (QED) is 0.508. The number of imide groups is 1. The Bertz CT molecular complexity index is 1150. The average molecular weight is 406 g/mol. The Morgan fingerprint density at radius 3 is 2.38 bits per heavy atom. The number of anilines is 2. The molecule has 0 spiro atoms. The maximum Gasteiger partial charge on any atom is 0.266 e. The van der Waals surface area contributed by atoms with Crippen molar-refractivity contribution in [2.45, 2.75) is 4.90 Å². The van der Waals surface area contributed by atoms with E-state index in [9.17, 15) is 18.8 Å². The van der Waals surface area contributed by atoms with Gasteiger partial charge in [-0.05, 0) is 66.9 Å². The molecular formula is C22H15FN2O3S. The molecule has 0 saturated heterocycles. The van der Waals surface area contributed by atoms with Crippen molar-refractivity contribution in [2.24, 2.45) is 0 Å². The third kappa shape index (κ3) is 3.52. The second kappa shape index (κ2) is 7.52. The van der Waals surface area contributed by atoms with Crippen molar-refractivity contribution in [2.75, 3.05) is 16.5 Å². The predicted octanol–water partition coefficient (Wildman–Crippen LogP) is 4.60. The van der Waals surface area contributed by atoms with Gasteiger partial charge >= 0.3 is 0 Å². The van der Waals surface area contributed by atoms with E-state index in [4.69, 9.17) is 0 Å². The lowest BCUT2D eigenvalue weighted by atomic mass is 10.1. The van der Waals surface area contributed by atoms with Crippen LogP contribution in [0.15, 0.2) is 71.6 Å². The number of thioether (sulfide) groups is 1. The average Bonchev–Trinajstić information content (AvgIpc) is 2.99. The van der Waals surface area contributed by atoms with Crippen molar-refractivity contribution >= 4 is 40.9 Å². The van der Waals surface area contributed by atoms with Crippen molar-refractivity contribution in [3.63, 3.8) is 0 Å². The molecule has 0 bridgehead atoms. The molecule has 3 aromatic carbocycles. The molecule has 7 heteroatoms. The topological polar surface area (TPSA) is 66.5 Å². The first kappa shape index (κ1) is 18.9. The number of halogens is 1. The predicted molar refractivity (Wildman–Crippen MR) is 110 cm³/mol. The highest BCUT2D eigenvalue weighted by Gasteiger charge is 2.37. The number of hydrogen-bond acceptors (Lipinski definition) is 4. The minimum absolute atomic E-state index is 0.143. The first-order valence-electron chi connectivity index (χ1n) is 8.72. The van der Waals surface area contributed by atoms with Gasteiger partial charge < -0.3 is 5.32 Å². The minimum atomic E-state index is -0.546. The standard InChI is InChI=1S/C22H15FN2O3S/c1-29-17-4-2-3-15(12-17)24-20(26)13-5-10-18-19(11-13)22(28)25(21(18)27)16-8-6-14(23)7-9-16/h2-12H,1H3,(H,24,26). The summed E-state index contributed by atoms with van der Waals surface area (Å²) in [6.07, 6.45) is 1.94. The van der Waals surface area contributed by atoms with Crippen molar-refractivity contribution in [3.8, 4) is 0 Å². The van der Waals surface area contributed by atoms with E-state index in [1.54, 1.807) is 17.8 Å². The van der Waals surface area contributed by atoms with Crippen LogP contribution in [0.2, 0.25) is 0 Å². The molecule has 1 aliphatic heterocycles. The molecule has 3 amide bonds. The summed E-state index contributed by atoms with van der Waals surface area (Å²) in [5.41, 5.74) is 1.53. The number of amides is 3. The molecular weight excluding hydrogens is 391 g/mol. The number of fused-ring (bicyclic) bond motifs is 1. The summed E-state index contributed by atoms with van der Waals surface area (Å²) in [4.78, 5) is 40.0. The van der Waals surface area contributed by atoms with Crippen molar-refractivity contribution < 1.29 is 18.8 Å². The van der Waals surface area contributed by atoms with E-state index < -0.39 is 17.6 Å². The molecule has 1 heterocycles. The van der Waals surface area contributed by atoms with Crippen LogP contribution >= 0.6 is 11.8 Å². The lowest BCUT2D eigenvalue weighted by molar-refractivity contribution is 0.0925. The normalized spacial score (nSPS) is 12.8. The summed E-state index contributed by atoms with van der Waals surface area (Å²) in [5, 5.41) is 2.80. The van der Waals surface area contributed by atoms with E-state index in [1.807, 2.05) is 24.5 Å². The fraction of sp³-hybridized carbons (Fsp3) is 0.0455. The van der Waals surface area contributed by atoms with Gasteiger partial charge in [0.05, 0.1) is 16.8 Å². The van der Waals surface area contributed by atoms with E-state index in [0.717, 1.165) is 9.80 Å². The van der Waals surface area contributed by atoms with Gasteiger partial charge in [0, 0.05) is 16.1 Å². The number of carbonyl (C=O) groups excluding carboxylic acids is 3. The highest BCUT2D eigenvalue weighted by Crippen LogP contribution is 2.29. The molecule has 0 unspecified atom stereocenters. The van der Waals surface area contributed by atoms with E-state index in [0.29, 0.717) is 5.69 Å². The number of rotatable bonds is 4. The minimum Gasteiger partial charge on any atom is -0.322 e. The third-order valence-electron chi connectivity index (χ3n) is 4.56. The monoisotopic (exact) mass is 406 g/mol. The first-order chi connectivity index (χ1) is 14.0. The van der Waals surface area contributed by atoms with E-state index in [1.165, 1.54) is 42.5 Å². The van der Waals surface area contributed by atoms with E-state index >= 15 is 0 Å². The zero-order valence-corrected chi connectivity index (χ0v) is 16.1. The van der Waals surface area contributed by atoms with E-state index in [2.05, 4.69) is 5.32 Å². The van der Waals surface area contributed by atoms with Crippen LogP contribution in [-0.2, 0) is 0 Å². The Balaban J connectivity index is 1.61. The maximum absolute atomic E-state index is 13.2. The second-order valence-electron chi connectivity index (χ2n) is 6.37. The van der Waals surface area contributed by atoms with Crippen LogP contribution in [-0.4, -0.2) is 24.0 Å². The fourth-order valence-electron chi connectivity index (χ4n) is 3.11. The molecule has 1 aliphatic rings. The first-order valence-corrected chi connectivity index (χ1v) is 9.94. The van der Waals surface area contributed by atoms with Gasteiger partial charge in [0.15, 0.2) is 0 Å². The molecule has 4 rings (SSSR count). The summed E-state index contributed by atoms with van der Waals surface area (Å²) in [6.45, 7) is 0. The van der Waals surface area contributed by atoms with Gasteiger partial charge in [0.25, 0.3) is 17.7 Å². The fourth-order valence-corrected chi connectivity index (χ4v) is 3.57. The number of nitrogens with one attached hydrogen (secondary N) is 1. The summed E-state index contributed by atoms with van der Waals surface area (Å²) in [5.74, 6) is -1.90. The third-order valence-corrected chi connectivity index (χ3v) is 5.29. The molecule has 29 heavy (non-hydrogen) atoms. The highest BCUT2D eigenvalue weighted by molar-refractivity contribution is 7.98. The summed E-state index contributed by atoms with van der Waals surface area (Å²) in [7, 11) is 0. The van der Waals surface area contributed by atoms with Gasteiger partial charge in [-0.2, -0.15) is 0 Å². The molecule has 0 aromatic heterocycles. The van der Waals surface area contributed by atoms with Gasteiger partial charge in [-0.3, -0.25) is 14.4 Å². The lowest BCUT2D eigenvalue weighted by Gasteiger charge is -2.13. The smallest absolute Gasteiger partial charge is 0.266 e. The SMILES string of the molecule is CSc1cccc(NC(=O)c2ccc3c(c2)C(=O)N(c2ccc(F)cc2)C3=O)c1. The zero-order valence-electron chi connectivity index (χ0n) is 15.3. The molecule has 0 aliphatic carbocycles. The van der Waals surface area contributed by atoms with Gasteiger partial charge in [0.1, 0.15) is 5.82 Å². The molecule has 0 radical (unpaired) electrons. The van der Waals surface area contributed by atoms with Crippen molar-refractivity contribution in [1.29, 1.82) is 0 Å². The van der Waals surface area contributed by atoms with Crippen LogP contribution in [0.1, 0.15) is 31.1 Å². The highest BCUT2D eigenvalue weighted by atomic mass is 32.2. The lowest BCUT2D eigenvalue weighted by Crippen LogP contribution is -2.29. The maximum atomic E-state index is 13.2. The van der Waals surface area contributed by atoms with Crippen LogP contribution in [0.3, 0.4) is 0 Å². The molecule has 3 aromatic rings. The van der Waals surface area contributed by atoms with Crippen LogP contribution in [0.5, 0.6) is 0 Å². The van der Waals surface area contributed by atoms with Crippen LogP contribution in [0.25, 0.3) is 0 Å². The zero-order chi connectivity index (χ0) is 20.5. The Kier molecular flexibility index (Phi) is 4.90. The molecule has 5 nitrogen and oxygen atoms in total. The van der Waals surface area contributed by atoms with Crippen molar-refractivity contribution in [1.82, 2.24) is 0 Å². The number of benzene rings is 3. The van der Waals surface area contributed by atoms with Gasteiger partial charge in [-0.1, -0.05) is 6.07 Å². The molecule has 0 saturated carbocycles. The molecule has 0 fully saturated rings. The molecule has 144 valence electrons. The number of nitrogens with zero attached hydrogens (tertiary/aromatic N) is 1. The van der Waals surface area contributed by atoms with Gasteiger partial charge in [0.2, 0.25) is 0 Å². The Morgan fingerprint density at radius 2 is 1.66 bits per heavy atom. The van der Waals surface area contributed by atoms with Crippen LogP contribution < -0.4 is 10.2 Å². The molecule has 0 atom stereocenters. The van der Waals surface area contributed by atoms with Gasteiger partial charge in [-0.15, -0.1) is 11.8 Å². The second-order valence-corrected chi connectivity index (χ2v) is 7.25. The Morgan fingerprint density at radius 1 is 0.931 bits per heavy atom. The van der Waals surface area contributed by atoms with Crippen molar-refractivity contribution in [3.05, 3.63) is 89.2 Å². The van der Waals surface area contributed by atoms with E-state index in [-0.39, 0.29) is 28.3 Å². The Hall–Kier alpha value is -3.45.